The fourth-order valence-corrected chi connectivity index (χ4v) is 2.47. The highest BCUT2D eigenvalue weighted by Gasteiger charge is 2.13. The Morgan fingerprint density at radius 2 is 1.41 bits per heavy atom. The number of amides is 2. The number of rotatable bonds is 4. The fourth-order valence-electron chi connectivity index (χ4n) is 2.47. The number of carbonyl (C=O) groups is 2. The lowest BCUT2D eigenvalue weighted by atomic mass is 10.2. The van der Waals surface area contributed by atoms with E-state index in [1.54, 1.807) is 36.4 Å². The minimum Gasteiger partial charge on any atom is -0.321 e. The highest BCUT2D eigenvalue weighted by Crippen LogP contribution is 2.13. The van der Waals surface area contributed by atoms with E-state index >= 15 is 0 Å². The van der Waals surface area contributed by atoms with Gasteiger partial charge in [0.05, 0.1) is 11.6 Å². The lowest BCUT2D eigenvalue weighted by Crippen LogP contribution is -2.18. The van der Waals surface area contributed by atoms with E-state index in [0.29, 0.717) is 16.9 Å². The van der Waals surface area contributed by atoms with Crippen LogP contribution in [0.15, 0.2) is 66.7 Å². The van der Waals surface area contributed by atoms with Crippen LogP contribution in [0.4, 0.5) is 11.4 Å². The number of anilines is 2. The number of nitrogens with one attached hydrogen (secondary N) is 2. The van der Waals surface area contributed by atoms with E-state index in [9.17, 15) is 9.59 Å². The van der Waals surface area contributed by atoms with Crippen LogP contribution in [0.1, 0.15) is 32.1 Å². The molecule has 0 aliphatic rings. The average Bonchev–Trinajstić information content (AvgIpc) is 2.68. The quantitative estimate of drug-likeness (QED) is 0.744. The Labute approximate surface area is 156 Å². The molecule has 0 bridgehead atoms. The molecule has 0 radical (unpaired) electrons. The van der Waals surface area contributed by atoms with Crippen LogP contribution in [0, 0.1) is 18.3 Å². The van der Waals surface area contributed by atoms with Crippen LogP contribution < -0.4 is 10.6 Å². The zero-order valence-corrected chi connectivity index (χ0v) is 14.6. The largest absolute Gasteiger partial charge is 0.321 e. The molecule has 0 fully saturated rings. The monoisotopic (exact) mass is 356 g/mol. The first-order valence-corrected chi connectivity index (χ1v) is 8.22. The van der Waals surface area contributed by atoms with Crippen LogP contribution in [-0.2, 0) is 0 Å². The fraction of sp³-hybridized carbons (Fsp3) is 0.0476. The number of aromatic nitrogens is 1. The van der Waals surface area contributed by atoms with E-state index in [4.69, 9.17) is 5.26 Å². The van der Waals surface area contributed by atoms with Crippen LogP contribution >= 0.6 is 0 Å². The molecular formula is C21H16N4O2. The van der Waals surface area contributed by atoms with Crippen LogP contribution in [0.2, 0.25) is 0 Å². The third-order valence-corrected chi connectivity index (χ3v) is 3.74. The van der Waals surface area contributed by atoms with Crippen molar-refractivity contribution in [1.29, 1.82) is 5.26 Å². The van der Waals surface area contributed by atoms with Gasteiger partial charge in [0.1, 0.15) is 11.4 Å². The van der Waals surface area contributed by atoms with E-state index in [0.717, 1.165) is 5.56 Å². The second-order valence-electron chi connectivity index (χ2n) is 5.88. The second kappa shape index (κ2) is 7.93. The Balaban J connectivity index is 1.75. The zero-order chi connectivity index (χ0) is 19.2. The molecule has 0 saturated heterocycles. The third-order valence-electron chi connectivity index (χ3n) is 3.74. The third kappa shape index (κ3) is 4.55. The summed E-state index contributed by atoms with van der Waals surface area (Å²) in [6.45, 7) is 1.93. The average molecular weight is 356 g/mol. The maximum Gasteiger partial charge on any atom is 0.274 e. The summed E-state index contributed by atoms with van der Waals surface area (Å²) in [4.78, 5) is 28.9. The SMILES string of the molecule is Cc1cccc(NC(=O)c2cccc(C(=O)Nc3cccc(C#N)c3)n2)c1. The van der Waals surface area contributed by atoms with Gasteiger partial charge in [-0.05, 0) is 55.0 Å². The Morgan fingerprint density at radius 3 is 2.00 bits per heavy atom. The molecule has 27 heavy (non-hydrogen) atoms. The minimum absolute atomic E-state index is 0.106. The number of hydrogen-bond acceptors (Lipinski definition) is 4. The number of benzene rings is 2. The molecule has 1 aromatic heterocycles. The maximum absolute atomic E-state index is 12.4. The molecular weight excluding hydrogens is 340 g/mol. The predicted octanol–water partition coefficient (Wildman–Crippen LogP) is 3.77. The maximum atomic E-state index is 12.4. The highest BCUT2D eigenvalue weighted by atomic mass is 16.2. The van der Waals surface area contributed by atoms with Crippen LogP contribution in [0.3, 0.4) is 0 Å². The topological polar surface area (TPSA) is 94.9 Å². The summed E-state index contributed by atoms with van der Waals surface area (Å²) in [6.07, 6.45) is 0. The molecule has 0 aliphatic carbocycles. The van der Waals surface area contributed by atoms with Crippen molar-refractivity contribution in [2.45, 2.75) is 6.92 Å². The van der Waals surface area contributed by atoms with Gasteiger partial charge in [-0.3, -0.25) is 9.59 Å². The molecule has 3 aromatic rings. The molecule has 6 nitrogen and oxygen atoms in total. The number of nitriles is 1. The van der Waals surface area contributed by atoms with Gasteiger partial charge in [-0.25, -0.2) is 4.98 Å². The van der Waals surface area contributed by atoms with Gasteiger partial charge in [-0.15, -0.1) is 0 Å². The van der Waals surface area contributed by atoms with Crippen molar-refractivity contribution in [3.63, 3.8) is 0 Å². The number of hydrogen-bond donors (Lipinski definition) is 2. The number of aryl methyl sites for hydroxylation is 1. The van der Waals surface area contributed by atoms with Crippen molar-refractivity contribution in [2.24, 2.45) is 0 Å². The van der Waals surface area contributed by atoms with Crippen LogP contribution in [0.5, 0.6) is 0 Å². The smallest absolute Gasteiger partial charge is 0.274 e. The molecule has 1 heterocycles. The second-order valence-corrected chi connectivity index (χ2v) is 5.88. The molecule has 0 saturated carbocycles. The van der Waals surface area contributed by atoms with Crippen molar-refractivity contribution in [2.75, 3.05) is 10.6 Å². The number of nitrogens with zero attached hydrogens (tertiary/aromatic N) is 2. The first-order valence-electron chi connectivity index (χ1n) is 8.22. The summed E-state index contributed by atoms with van der Waals surface area (Å²) in [7, 11) is 0. The van der Waals surface area contributed by atoms with Crippen molar-refractivity contribution < 1.29 is 9.59 Å². The normalized spacial score (nSPS) is 9.93. The summed E-state index contributed by atoms with van der Waals surface area (Å²) in [5.74, 6) is -0.864. The summed E-state index contributed by atoms with van der Waals surface area (Å²) >= 11 is 0. The molecule has 2 aromatic carbocycles. The van der Waals surface area contributed by atoms with E-state index in [1.165, 1.54) is 12.1 Å². The number of carbonyl (C=O) groups excluding carboxylic acids is 2. The van der Waals surface area contributed by atoms with Gasteiger partial charge in [0.15, 0.2) is 0 Å². The Morgan fingerprint density at radius 1 is 0.852 bits per heavy atom. The van der Waals surface area contributed by atoms with Gasteiger partial charge < -0.3 is 10.6 Å². The van der Waals surface area contributed by atoms with Gasteiger partial charge in [-0.1, -0.05) is 24.3 Å². The molecule has 2 N–H and O–H groups in total. The first kappa shape index (κ1) is 17.8. The van der Waals surface area contributed by atoms with Gasteiger partial charge in [-0.2, -0.15) is 5.26 Å². The Bertz CT molecular complexity index is 1050. The molecule has 0 aliphatic heterocycles. The lowest BCUT2D eigenvalue weighted by molar-refractivity contribution is 0.101. The molecule has 132 valence electrons. The van der Waals surface area contributed by atoms with E-state index < -0.39 is 11.8 Å². The molecule has 0 unspecified atom stereocenters. The van der Waals surface area contributed by atoms with E-state index in [2.05, 4.69) is 15.6 Å². The molecule has 3 rings (SSSR count). The summed E-state index contributed by atoms with van der Waals surface area (Å²) in [5.41, 5.74) is 2.84. The Hall–Kier alpha value is -3.98. The van der Waals surface area contributed by atoms with Crippen molar-refractivity contribution in [3.8, 4) is 6.07 Å². The predicted molar refractivity (Wildman–Crippen MR) is 102 cm³/mol. The molecule has 0 spiro atoms. The van der Waals surface area contributed by atoms with Crippen molar-refractivity contribution in [1.82, 2.24) is 4.98 Å². The molecule has 6 heteroatoms. The van der Waals surface area contributed by atoms with Gasteiger partial charge in [0.2, 0.25) is 0 Å². The van der Waals surface area contributed by atoms with Crippen LogP contribution in [0.25, 0.3) is 0 Å². The van der Waals surface area contributed by atoms with Gasteiger partial charge >= 0.3 is 0 Å². The van der Waals surface area contributed by atoms with Gasteiger partial charge in [0, 0.05) is 11.4 Å². The minimum atomic E-state index is -0.463. The molecule has 0 atom stereocenters. The van der Waals surface area contributed by atoms with Crippen LogP contribution in [-0.4, -0.2) is 16.8 Å². The lowest BCUT2D eigenvalue weighted by Gasteiger charge is -2.08. The van der Waals surface area contributed by atoms with Crippen molar-refractivity contribution >= 4 is 23.2 Å². The summed E-state index contributed by atoms with van der Waals surface area (Å²) < 4.78 is 0. The zero-order valence-electron chi connectivity index (χ0n) is 14.6. The Kier molecular flexibility index (Phi) is 5.24. The number of pyridine rings is 1. The highest BCUT2D eigenvalue weighted by molar-refractivity contribution is 6.06. The van der Waals surface area contributed by atoms with E-state index in [1.807, 2.05) is 31.2 Å². The standard InChI is InChI=1S/C21H16N4O2/c1-14-5-2-7-16(11-14)23-20(26)18-9-4-10-19(25-18)21(27)24-17-8-3-6-15(12-17)13-22/h2-12H,1H3,(H,23,26)(H,24,27). The van der Waals surface area contributed by atoms with Crippen molar-refractivity contribution in [3.05, 3.63) is 89.2 Å². The summed E-state index contributed by atoms with van der Waals surface area (Å²) in [6, 6.07) is 20.6. The van der Waals surface area contributed by atoms with E-state index in [-0.39, 0.29) is 11.4 Å². The molecule has 2 amide bonds. The first-order chi connectivity index (χ1) is 13.0. The summed E-state index contributed by atoms with van der Waals surface area (Å²) in [5, 5.41) is 14.4. The van der Waals surface area contributed by atoms with Gasteiger partial charge in [0.25, 0.3) is 11.8 Å².